The van der Waals surface area contributed by atoms with E-state index in [1.165, 1.54) is 22.5 Å². The predicted molar refractivity (Wildman–Crippen MR) is 91.2 cm³/mol. The maximum Gasteiger partial charge on any atom is 0.138 e. The zero-order chi connectivity index (χ0) is 15.1. The van der Waals surface area contributed by atoms with Crippen molar-refractivity contribution >= 4 is 21.9 Å². The lowest BCUT2D eigenvalue weighted by molar-refractivity contribution is 0.666. The monoisotopic (exact) mass is 279 g/mol. The largest absolute Gasteiger partial charge is 0.456 e. The van der Waals surface area contributed by atoms with Gasteiger partial charge in [-0.3, -0.25) is 0 Å². The summed E-state index contributed by atoms with van der Waals surface area (Å²) in [6.07, 6.45) is 8.38. The second-order valence-corrected chi connectivity index (χ2v) is 4.77. The highest BCUT2D eigenvalue weighted by molar-refractivity contribution is 6.05. The van der Waals surface area contributed by atoms with E-state index in [-0.39, 0.29) is 0 Å². The fourth-order valence-electron chi connectivity index (χ4n) is 2.17. The predicted octanol–water partition coefficient (Wildman–Crippen LogP) is 5.32. The highest BCUT2D eigenvalue weighted by Crippen LogP contribution is 2.29. The van der Waals surface area contributed by atoms with Crippen molar-refractivity contribution in [2.75, 3.05) is 0 Å². The normalized spacial score (nSPS) is 11.3. The molecule has 0 saturated heterocycles. The molecule has 0 spiro atoms. The van der Waals surface area contributed by atoms with Crippen molar-refractivity contribution in [2.24, 2.45) is 5.73 Å². The Bertz CT molecular complexity index is 765. The van der Waals surface area contributed by atoms with Crippen molar-refractivity contribution in [2.45, 2.75) is 20.3 Å². The summed E-state index contributed by atoms with van der Waals surface area (Å²) in [6.45, 7) is 4.16. The minimum Gasteiger partial charge on any atom is -0.456 e. The van der Waals surface area contributed by atoms with Gasteiger partial charge in [-0.25, -0.2) is 0 Å². The SMILES string of the molecule is CC/C=C\C=C/N.Cc1cccc2c1oc1ccccc12. The van der Waals surface area contributed by atoms with Gasteiger partial charge < -0.3 is 10.2 Å². The van der Waals surface area contributed by atoms with Gasteiger partial charge in [0.2, 0.25) is 0 Å². The fraction of sp³-hybridized carbons (Fsp3) is 0.158. The Labute approximate surface area is 125 Å². The van der Waals surface area contributed by atoms with E-state index in [9.17, 15) is 0 Å². The lowest BCUT2D eigenvalue weighted by atomic mass is 10.1. The van der Waals surface area contributed by atoms with Crippen molar-refractivity contribution in [1.29, 1.82) is 0 Å². The lowest BCUT2D eigenvalue weighted by Crippen LogP contribution is -1.71. The summed E-state index contributed by atoms with van der Waals surface area (Å²) in [4.78, 5) is 0. The van der Waals surface area contributed by atoms with E-state index in [0.717, 1.165) is 17.6 Å². The van der Waals surface area contributed by atoms with Gasteiger partial charge in [-0.1, -0.05) is 55.5 Å². The molecule has 2 nitrogen and oxygen atoms in total. The Morgan fingerprint density at radius 1 is 1.00 bits per heavy atom. The molecular formula is C19H21NO. The molecule has 3 rings (SSSR count). The van der Waals surface area contributed by atoms with Crippen LogP contribution >= 0.6 is 0 Å². The molecule has 0 amide bonds. The van der Waals surface area contributed by atoms with Gasteiger partial charge in [-0.2, -0.15) is 0 Å². The molecule has 0 atom stereocenters. The highest BCUT2D eigenvalue weighted by atomic mass is 16.3. The third-order valence-corrected chi connectivity index (χ3v) is 3.20. The van der Waals surface area contributed by atoms with Crippen molar-refractivity contribution < 1.29 is 4.42 Å². The summed E-state index contributed by atoms with van der Waals surface area (Å²) >= 11 is 0. The van der Waals surface area contributed by atoms with Crippen molar-refractivity contribution in [3.8, 4) is 0 Å². The maximum absolute atomic E-state index is 5.78. The zero-order valence-electron chi connectivity index (χ0n) is 12.5. The summed E-state index contributed by atoms with van der Waals surface area (Å²) in [5.41, 5.74) is 8.21. The van der Waals surface area contributed by atoms with Crippen molar-refractivity contribution in [1.82, 2.24) is 0 Å². The number of fused-ring (bicyclic) bond motifs is 3. The molecule has 0 radical (unpaired) electrons. The smallest absolute Gasteiger partial charge is 0.138 e. The van der Waals surface area contributed by atoms with Gasteiger partial charge in [0.15, 0.2) is 0 Å². The summed E-state index contributed by atoms with van der Waals surface area (Å²) in [7, 11) is 0. The van der Waals surface area contributed by atoms with Gasteiger partial charge in [0.25, 0.3) is 0 Å². The number of allylic oxidation sites excluding steroid dienone is 3. The van der Waals surface area contributed by atoms with E-state index in [1.54, 1.807) is 0 Å². The van der Waals surface area contributed by atoms with Crippen LogP contribution in [0.2, 0.25) is 0 Å². The number of nitrogens with two attached hydrogens (primary N) is 1. The quantitative estimate of drug-likeness (QED) is 0.645. The molecule has 1 aromatic heterocycles. The second kappa shape index (κ2) is 7.34. The first-order valence-corrected chi connectivity index (χ1v) is 7.18. The topological polar surface area (TPSA) is 39.2 Å². The molecule has 2 aromatic carbocycles. The number of hydrogen-bond donors (Lipinski definition) is 1. The average Bonchev–Trinajstić information content (AvgIpc) is 2.89. The molecule has 3 aromatic rings. The number of aryl methyl sites for hydroxylation is 1. The summed E-state index contributed by atoms with van der Waals surface area (Å²) in [5.74, 6) is 0. The minimum absolute atomic E-state index is 0.969. The molecule has 1 heterocycles. The third kappa shape index (κ3) is 3.54. The average molecular weight is 279 g/mol. The molecule has 0 aliphatic heterocycles. The Morgan fingerprint density at radius 3 is 2.52 bits per heavy atom. The maximum atomic E-state index is 5.78. The first-order chi connectivity index (χ1) is 10.3. The molecule has 0 aliphatic carbocycles. The molecule has 2 heteroatoms. The number of furan rings is 1. The minimum atomic E-state index is 0.969. The van der Waals surface area contributed by atoms with Gasteiger partial charge >= 0.3 is 0 Å². The van der Waals surface area contributed by atoms with Gasteiger partial charge in [-0.15, -0.1) is 0 Å². The van der Waals surface area contributed by atoms with Crippen LogP contribution in [0.1, 0.15) is 18.9 Å². The standard InChI is InChI=1S/C13H10O.C6H11N/c1-9-5-4-7-11-10-6-2-3-8-12(10)14-13(9)11;1-2-3-4-5-6-7/h2-8H,1H3;3-6H,2,7H2,1H3/b;4-3-,6-5-. The van der Waals surface area contributed by atoms with Gasteiger partial charge in [0, 0.05) is 10.8 Å². The number of hydrogen-bond acceptors (Lipinski definition) is 2. The molecule has 0 bridgehead atoms. The summed E-state index contributed by atoms with van der Waals surface area (Å²) in [6, 6.07) is 14.4. The Balaban J connectivity index is 0.000000199. The van der Waals surface area contributed by atoms with E-state index in [0.29, 0.717) is 0 Å². The Kier molecular flexibility index (Phi) is 5.22. The van der Waals surface area contributed by atoms with Crippen LogP contribution in [0.15, 0.2) is 71.3 Å². The molecule has 21 heavy (non-hydrogen) atoms. The van der Waals surface area contributed by atoms with Crippen LogP contribution in [0.4, 0.5) is 0 Å². The van der Waals surface area contributed by atoms with Crippen LogP contribution in [-0.4, -0.2) is 0 Å². The molecule has 108 valence electrons. The van der Waals surface area contributed by atoms with Crippen LogP contribution in [0.5, 0.6) is 0 Å². The first kappa shape index (κ1) is 14.9. The molecule has 0 unspecified atom stereocenters. The second-order valence-electron chi connectivity index (χ2n) is 4.77. The Morgan fingerprint density at radius 2 is 1.76 bits per heavy atom. The van der Waals surface area contributed by atoms with Gasteiger partial charge in [-0.05, 0) is 37.3 Å². The van der Waals surface area contributed by atoms with Crippen LogP contribution in [0.25, 0.3) is 21.9 Å². The van der Waals surface area contributed by atoms with Crippen LogP contribution in [-0.2, 0) is 0 Å². The molecule has 0 saturated carbocycles. The Hall–Kier alpha value is -2.48. The third-order valence-electron chi connectivity index (χ3n) is 3.20. The van der Waals surface area contributed by atoms with Crippen LogP contribution in [0, 0.1) is 6.92 Å². The highest BCUT2D eigenvalue weighted by Gasteiger charge is 2.06. The number of rotatable bonds is 2. The molecule has 0 aliphatic rings. The fourth-order valence-corrected chi connectivity index (χ4v) is 2.17. The molecule has 2 N–H and O–H groups in total. The van der Waals surface area contributed by atoms with E-state index >= 15 is 0 Å². The van der Waals surface area contributed by atoms with Crippen LogP contribution < -0.4 is 5.73 Å². The summed E-state index contributed by atoms with van der Waals surface area (Å²) in [5, 5.41) is 2.41. The lowest BCUT2D eigenvalue weighted by Gasteiger charge is -1.91. The van der Waals surface area contributed by atoms with Crippen molar-refractivity contribution in [3.05, 3.63) is 72.5 Å². The zero-order valence-corrected chi connectivity index (χ0v) is 12.5. The molecule has 0 fully saturated rings. The first-order valence-electron chi connectivity index (χ1n) is 7.18. The van der Waals surface area contributed by atoms with Gasteiger partial charge in [0.1, 0.15) is 11.2 Å². The van der Waals surface area contributed by atoms with Crippen LogP contribution in [0.3, 0.4) is 0 Å². The van der Waals surface area contributed by atoms with E-state index < -0.39 is 0 Å². The summed E-state index contributed by atoms with van der Waals surface area (Å²) < 4.78 is 5.78. The van der Waals surface area contributed by atoms with E-state index in [1.807, 2.05) is 36.4 Å². The molecular weight excluding hydrogens is 258 g/mol. The number of benzene rings is 2. The van der Waals surface area contributed by atoms with Crippen molar-refractivity contribution in [3.63, 3.8) is 0 Å². The van der Waals surface area contributed by atoms with E-state index in [2.05, 4.69) is 38.1 Å². The number of para-hydroxylation sites is 2. The van der Waals surface area contributed by atoms with Gasteiger partial charge in [0.05, 0.1) is 0 Å². The van der Waals surface area contributed by atoms with E-state index in [4.69, 9.17) is 10.2 Å².